The molecule has 0 atom stereocenters. The molecule has 0 saturated carbocycles. The van der Waals surface area contributed by atoms with Crippen LogP contribution in [0, 0.1) is 0 Å². The van der Waals surface area contributed by atoms with Crippen molar-refractivity contribution in [2.24, 2.45) is 0 Å². The number of hydrogen-bond acceptors (Lipinski definition) is 2. The fraction of sp³-hybridized carbons (Fsp3) is 0.278. The van der Waals surface area contributed by atoms with Crippen molar-refractivity contribution in [3.8, 4) is 5.75 Å². The van der Waals surface area contributed by atoms with E-state index in [1.165, 1.54) is 0 Å². The molecule has 0 fully saturated rings. The van der Waals surface area contributed by atoms with E-state index in [9.17, 15) is 4.79 Å². The van der Waals surface area contributed by atoms with Crippen LogP contribution in [0.3, 0.4) is 0 Å². The van der Waals surface area contributed by atoms with Crippen LogP contribution in [-0.4, -0.2) is 13.0 Å². The van der Waals surface area contributed by atoms with Gasteiger partial charge in [-0.1, -0.05) is 42.5 Å². The molecule has 0 aromatic heterocycles. The van der Waals surface area contributed by atoms with Gasteiger partial charge in [0.1, 0.15) is 5.75 Å². The Kier molecular flexibility index (Phi) is 4.63. The molecule has 2 rings (SSSR count). The topological polar surface area (TPSA) is 38.3 Å². The van der Waals surface area contributed by atoms with Crippen molar-refractivity contribution >= 4 is 5.91 Å². The number of carbonyl (C=O) groups is 1. The Labute approximate surface area is 126 Å². The van der Waals surface area contributed by atoms with E-state index in [0.29, 0.717) is 6.42 Å². The number of amides is 1. The Balaban J connectivity index is 2.00. The SMILES string of the molecule is COc1ccc(CC(=O)NC(C)(C)c2ccccc2)cc1. The van der Waals surface area contributed by atoms with Crippen molar-refractivity contribution in [2.45, 2.75) is 25.8 Å². The Morgan fingerprint density at radius 2 is 1.67 bits per heavy atom. The first-order chi connectivity index (χ1) is 10.0. The molecule has 0 unspecified atom stereocenters. The fourth-order valence-corrected chi connectivity index (χ4v) is 2.25. The zero-order chi connectivity index (χ0) is 15.3. The number of carbonyl (C=O) groups excluding carboxylic acids is 1. The smallest absolute Gasteiger partial charge is 0.225 e. The summed E-state index contributed by atoms with van der Waals surface area (Å²) in [5.74, 6) is 0.804. The second-order valence-corrected chi connectivity index (χ2v) is 5.56. The van der Waals surface area contributed by atoms with E-state index < -0.39 is 0 Å². The summed E-state index contributed by atoms with van der Waals surface area (Å²) in [4.78, 5) is 12.2. The normalized spacial score (nSPS) is 11.0. The number of ether oxygens (including phenoxy) is 1. The van der Waals surface area contributed by atoms with E-state index in [1.54, 1.807) is 7.11 Å². The average Bonchev–Trinajstić information content (AvgIpc) is 2.48. The molecule has 3 nitrogen and oxygen atoms in total. The van der Waals surface area contributed by atoms with Crippen molar-refractivity contribution < 1.29 is 9.53 Å². The van der Waals surface area contributed by atoms with Crippen molar-refractivity contribution in [3.63, 3.8) is 0 Å². The highest BCUT2D eigenvalue weighted by molar-refractivity contribution is 5.79. The summed E-state index contributed by atoms with van der Waals surface area (Å²) in [5.41, 5.74) is 1.68. The zero-order valence-corrected chi connectivity index (χ0v) is 12.7. The summed E-state index contributed by atoms with van der Waals surface area (Å²) in [6.07, 6.45) is 0.361. The van der Waals surface area contributed by atoms with E-state index in [4.69, 9.17) is 4.74 Å². The molecule has 0 radical (unpaired) electrons. The van der Waals surface area contributed by atoms with Gasteiger partial charge in [0.15, 0.2) is 0 Å². The van der Waals surface area contributed by atoms with E-state index in [-0.39, 0.29) is 11.4 Å². The van der Waals surface area contributed by atoms with Gasteiger partial charge in [0.25, 0.3) is 0 Å². The molecule has 2 aromatic carbocycles. The molecule has 0 bridgehead atoms. The first-order valence-corrected chi connectivity index (χ1v) is 7.01. The van der Waals surface area contributed by atoms with Crippen LogP contribution in [0.5, 0.6) is 5.75 Å². The van der Waals surface area contributed by atoms with Crippen molar-refractivity contribution in [3.05, 3.63) is 65.7 Å². The number of hydrogen-bond donors (Lipinski definition) is 1. The standard InChI is InChI=1S/C18H21NO2/c1-18(2,15-7-5-4-6-8-15)19-17(20)13-14-9-11-16(21-3)12-10-14/h4-12H,13H2,1-3H3,(H,19,20). The highest BCUT2D eigenvalue weighted by Gasteiger charge is 2.22. The van der Waals surface area contributed by atoms with E-state index in [1.807, 2.05) is 68.4 Å². The van der Waals surface area contributed by atoms with Gasteiger partial charge in [0, 0.05) is 0 Å². The Morgan fingerprint density at radius 1 is 1.05 bits per heavy atom. The maximum atomic E-state index is 12.2. The van der Waals surface area contributed by atoms with Gasteiger partial charge in [0.2, 0.25) is 5.91 Å². The van der Waals surface area contributed by atoms with Crippen LogP contribution in [0.15, 0.2) is 54.6 Å². The van der Waals surface area contributed by atoms with Crippen molar-refractivity contribution in [2.75, 3.05) is 7.11 Å². The van der Waals surface area contributed by atoms with Crippen LogP contribution in [0.25, 0.3) is 0 Å². The summed E-state index contributed by atoms with van der Waals surface area (Å²) >= 11 is 0. The molecule has 0 saturated heterocycles. The lowest BCUT2D eigenvalue weighted by atomic mass is 9.94. The van der Waals surface area contributed by atoms with Crippen LogP contribution in [0.4, 0.5) is 0 Å². The minimum absolute atomic E-state index is 0.00835. The number of nitrogens with one attached hydrogen (secondary N) is 1. The molecular weight excluding hydrogens is 262 g/mol. The highest BCUT2D eigenvalue weighted by Crippen LogP contribution is 2.20. The maximum Gasteiger partial charge on any atom is 0.225 e. The summed E-state index contributed by atoms with van der Waals surface area (Å²) in [6, 6.07) is 17.5. The Morgan fingerprint density at radius 3 is 2.24 bits per heavy atom. The lowest BCUT2D eigenvalue weighted by Crippen LogP contribution is -2.41. The van der Waals surface area contributed by atoms with E-state index in [0.717, 1.165) is 16.9 Å². The first kappa shape index (κ1) is 15.1. The molecule has 1 amide bonds. The van der Waals surface area contributed by atoms with Gasteiger partial charge in [-0.05, 0) is 37.1 Å². The lowest BCUT2D eigenvalue weighted by molar-refractivity contribution is -0.122. The minimum atomic E-state index is -0.384. The number of rotatable bonds is 5. The van der Waals surface area contributed by atoms with E-state index >= 15 is 0 Å². The molecule has 3 heteroatoms. The molecule has 0 aliphatic carbocycles. The minimum Gasteiger partial charge on any atom is -0.497 e. The summed E-state index contributed by atoms with van der Waals surface area (Å²) < 4.78 is 5.11. The Bertz CT molecular complexity index is 588. The van der Waals surface area contributed by atoms with Crippen LogP contribution < -0.4 is 10.1 Å². The summed E-state index contributed by atoms with van der Waals surface area (Å²) in [7, 11) is 1.63. The van der Waals surface area contributed by atoms with Crippen molar-refractivity contribution in [1.29, 1.82) is 0 Å². The zero-order valence-electron chi connectivity index (χ0n) is 12.7. The third-order valence-corrected chi connectivity index (χ3v) is 3.47. The molecule has 0 spiro atoms. The summed E-state index contributed by atoms with van der Waals surface area (Å²) in [6.45, 7) is 4.02. The predicted molar refractivity (Wildman–Crippen MR) is 84.3 cm³/mol. The van der Waals surface area contributed by atoms with Gasteiger partial charge in [-0.2, -0.15) is 0 Å². The molecule has 0 heterocycles. The van der Waals surface area contributed by atoms with E-state index in [2.05, 4.69) is 5.32 Å². The van der Waals surface area contributed by atoms with Crippen LogP contribution in [0.2, 0.25) is 0 Å². The average molecular weight is 283 g/mol. The third kappa shape index (κ3) is 4.09. The highest BCUT2D eigenvalue weighted by atomic mass is 16.5. The summed E-state index contributed by atoms with van der Waals surface area (Å²) in [5, 5.41) is 3.08. The van der Waals surface area contributed by atoms with Crippen LogP contribution in [0.1, 0.15) is 25.0 Å². The fourth-order valence-electron chi connectivity index (χ4n) is 2.25. The molecule has 1 N–H and O–H groups in total. The molecule has 0 aliphatic heterocycles. The molecule has 0 aliphatic rings. The predicted octanol–water partition coefficient (Wildman–Crippen LogP) is 3.29. The van der Waals surface area contributed by atoms with Gasteiger partial charge in [-0.3, -0.25) is 4.79 Å². The molecule has 110 valence electrons. The van der Waals surface area contributed by atoms with Gasteiger partial charge in [-0.25, -0.2) is 0 Å². The third-order valence-electron chi connectivity index (χ3n) is 3.47. The first-order valence-electron chi connectivity index (χ1n) is 7.01. The van der Waals surface area contributed by atoms with Gasteiger partial charge in [0.05, 0.1) is 19.1 Å². The number of benzene rings is 2. The lowest BCUT2D eigenvalue weighted by Gasteiger charge is -2.27. The van der Waals surface area contributed by atoms with Gasteiger partial charge < -0.3 is 10.1 Å². The number of methoxy groups -OCH3 is 1. The van der Waals surface area contributed by atoms with Crippen LogP contribution in [-0.2, 0) is 16.8 Å². The molecular formula is C18H21NO2. The van der Waals surface area contributed by atoms with Gasteiger partial charge in [-0.15, -0.1) is 0 Å². The van der Waals surface area contributed by atoms with Crippen molar-refractivity contribution in [1.82, 2.24) is 5.32 Å². The quantitative estimate of drug-likeness (QED) is 0.914. The van der Waals surface area contributed by atoms with Crippen LogP contribution >= 0.6 is 0 Å². The largest absolute Gasteiger partial charge is 0.497 e. The Hall–Kier alpha value is -2.29. The molecule has 21 heavy (non-hydrogen) atoms. The monoisotopic (exact) mass is 283 g/mol. The van der Waals surface area contributed by atoms with Gasteiger partial charge >= 0.3 is 0 Å². The molecule has 2 aromatic rings. The second-order valence-electron chi connectivity index (χ2n) is 5.56. The second kappa shape index (κ2) is 6.44. The maximum absolute atomic E-state index is 12.2.